The number of aliphatic hydroxyl groups is 1. The number of hydrogen-bond acceptors (Lipinski definition) is 1. The summed E-state index contributed by atoms with van der Waals surface area (Å²) in [5, 5.41) is 9.61. The Balaban J connectivity index is 3.45. The molecule has 0 aromatic rings. The van der Waals surface area contributed by atoms with Gasteiger partial charge in [-0.3, -0.25) is 0 Å². The molecular formula is C10H20O. The molecule has 0 aliphatic heterocycles. The fourth-order valence-corrected chi connectivity index (χ4v) is 0.948. The first-order chi connectivity index (χ1) is 4.98. The van der Waals surface area contributed by atoms with Crippen LogP contribution in [0.3, 0.4) is 0 Å². The molecule has 0 rings (SSSR count). The maximum absolute atomic E-state index is 9.61. The van der Waals surface area contributed by atoms with Crippen molar-refractivity contribution in [2.24, 2.45) is 0 Å². The molecule has 0 aromatic heterocycles. The van der Waals surface area contributed by atoms with Gasteiger partial charge in [-0.15, -0.1) is 6.58 Å². The summed E-state index contributed by atoms with van der Waals surface area (Å²) >= 11 is 0. The minimum atomic E-state index is -0.463. The predicted molar refractivity (Wildman–Crippen MR) is 49.6 cm³/mol. The van der Waals surface area contributed by atoms with Gasteiger partial charge in [0.25, 0.3) is 0 Å². The van der Waals surface area contributed by atoms with Crippen LogP contribution in [0.1, 0.15) is 46.5 Å². The van der Waals surface area contributed by atoms with Crippen LogP contribution in [0.25, 0.3) is 0 Å². The summed E-state index contributed by atoms with van der Waals surface area (Å²) in [5.74, 6) is 0. The molecule has 0 fully saturated rings. The molecule has 0 aliphatic carbocycles. The SMILES string of the molecule is C=C(C)CCCC(C)(O)CC. The Morgan fingerprint density at radius 2 is 2.09 bits per heavy atom. The third kappa shape index (κ3) is 6.11. The lowest BCUT2D eigenvalue weighted by Gasteiger charge is -2.20. The van der Waals surface area contributed by atoms with Crippen LogP contribution in [-0.2, 0) is 0 Å². The quantitative estimate of drug-likeness (QED) is 0.607. The van der Waals surface area contributed by atoms with Crippen molar-refractivity contribution >= 4 is 0 Å². The highest BCUT2D eigenvalue weighted by molar-refractivity contribution is 4.88. The minimum absolute atomic E-state index is 0.463. The molecule has 0 aromatic carbocycles. The highest BCUT2D eigenvalue weighted by Gasteiger charge is 2.15. The van der Waals surface area contributed by atoms with Crippen LogP contribution >= 0.6 is 0 Å². The zero-order chi connectivity index (χ0) is 8.91. The molecule has 0 saturated carbocycles. The van der Waals surface area contributed by atoms with Crippen molar-refractivity contribution in [3.63, 3.8) is 0 Å². The van der Waals surface area contributed by atoms with Crippen molar-refractivity contribution in [1.82, 2.24) is 0 Å². The topological polar surface area (TPSA) is 20.2 Å². The van der Waals surface area contributed by atoms with E-state index in [1.54, 1.807) is 0 Å². The van der Waals surface area contributed by atoms with Crippen molar-refractivity contribution in [3.05, 3.63) is 12.2 Å². The fourth-order valence-electron chi connectivity index (χ4n) is 0.948. The van der Waals surface area contributed by atoms with Gasteiger partial charge in [0, 0.05) is 0 Å². The van der Waals surface area contributed by atoms with Gasteiger partial charge in [-0.05, 0) is 39.5 Å². The van der Waals surface area contributed by atoms with Gasteiger partial charge in [0.1, 0.15) is 0 Å². The van der Waals surface area contributed by atoms with E-state index in [0.29, 0.717) is 0 Å². The van der Waals surface area contributed by atoms with Gasteiger partial charge in [-0.2, -0.15) is 0 Å². The Hall–Kier alpha value is -0.300. The van der Waals surface area contributed by atoms with Crippen LogP contribution in [0.5, 0.6) is 0 Å². The largest absolute Gasteiger partial charge is 0.390 e. The van der Waals surface area contributed by atoms with Gasteiger partial charge in [0.15, 0.2) is 0 Å². The van der Waals surface area contributed by atoms with E-state index < -0.39 is 5.60 Å². The highest BCUT2D eigenvalue weighted by atomic mass is 16.3. The van der Waals surface area contributed by atoms with Gasteiger partial charge in [-0.25, -0.2) is 0 Å². The van der Waals surface area contributed by atoms with Crippen molar-refractivity contribution < 1.29 is 5.11 Å². The minimum Gasteiger partial charge on any atom is -0.390 e. The zero-order valence-corrected chi connectivity index (χ0v) is 7.98. The molecule has 1 N–H and O–H groups in total. The van der Waals surface area contributed by atoms with Crippen LogP contribution in [0.2, 0.25) is 0 Å². The third-order valence-corrected chi connectivity index (χ3v) is 2.08. The van der Waals surface area contributed by atoms with Crippen LogP contribution in [-0.4, -0.2) is 10.7 Å². The number of rotatable bonds is 5. The molecule has 1 atom stereocenters. The summed E-state index contributed by atoms with van der Waals surface area (Å²) < 4.78 is 0. The summed E-state index contributed by atoms with van der Waals surface area (Å²) in [5.41, 5.74) is 0.743. The van der Waals surface area contributed by atoms with Gasteiger partial charge in [0.2, 0.25) is 0 Å². The molecule has 66 valence electrons. The molecule has 0 amide bonds. The zero-order valence-electron chi connectivity index (χ0n) is 7.98. The lowest BCUT2D eigenvalue weighted by Crippen LogP contribution is -2.22. The second-order valence-corrected chi connectivity index (χ2v) is 3.66. The Kier molecular flexibility index (Phi) is 4.43. The van der Waals surface area contributed by atoms with E-state index in [0.717, 1.165) is 25.7 Å². The summed E-state index contributed by atoms with van der Waals surface area (Å²) in [6.45, 7) is 9.76. The van der Waals surface area contributed by atoms with E-state index in [1.807, 2.05) is 20.8 Å². The average Bonchev–Trinajstić information content (AvgIpc) is 1.87. The third-order valence-electron chi connectivity index (χ3n) is 2.08. The Morgan fingerprint density at radius 3 is 2.45 bits per heavy atom. The monoisotopic (exact) mass is 156 g/mol. The molecule has 1 heteroatoms. The summed E-state index contributed by atoms with van der Waals surface area (Å²) in [4.78, 5) is 0. The van der Waals surface area contributed by atoms with Gasteiger partial charge < -0.3 is 5.11 Å². The molecular weight excluding hydrogens is 136 g/mol. The van der Waals surface area contributed by atoms with E-state index in [-0.39, 0.29) is 0 Å². The summed E-state index contributed by atoms with van der Waals surface area (Å²) in [6, 6.07) is 0. The number of allylic oxidation sites excluding steroid dienone is 1. The molecule has 0 spiro atoms. The lowest BCUT2D eigenvalue weighted by atomic mass is 9.95. The maximum Gasteiger partial charge on any atom is 0.0617 e. The van der Waals surface area contributed by atoms with Crippen LogP contribution in [0, 0.1) is 0 Å². The van der Waals surface area contributed by atoms with E-state index in [9.17, 15) is 5.11 Å². The highest BCUT2D eigenvalue weighted by Crippen LogP contribution is 2.18. The molecule has 0 aliphatic rings. The average molecular weight is 156 g/mol. The predicted octanol–water partition coefficient (Wildman–Crippen LogP) is 2.89. The van der Waals surface area contributed by atoms with Gasteiger partial charge in [-0.1, -0.05) is 12.5 Å². The molecule has 11 heavy (non-hydrogen) atoms. The van der Waals surface area contributed by atoms with E-state index in [1.165, 1.54) is 5.57 Å². The van der Waals surface area contributed by atoms with Crippen LogP contribution in [0.15, 0.2) is 12.2 Å². The van der Waals surface area contributed by atoms with Crippen molar-refractivity contribution in [1.29, 1.82) is 0 Å². The Bertz CT molecular complexity index is 125. The first-order valence-corrected chi connectivity index (χ1v) is 4.34. The second kappa shape index (κ2) is 4.55. The van der Waals surface area contributed by atoms with Crippen molar-refractivity contribution in [2.75, 3.05) is 0 Å². The molecule has 1 nitrogen and oxygen atoms in total. The molecule has 1 unspecified atom stereocenters. The fraction of sp³-hybridized carbons (Fsp3) is 0.800. The maximum atomic E-state index is 9.61. The van der Waals surface area contributed by atoms with Gasteiger partial charge >= 0.3 is 0 Å². The molecule has 0 saturated heterocycles. The van der Waals surface area contributed by atoms with Crippen molar-refractivity contribution in [2.45, 2.75) is 52.1 Å². The summed E-state index contributed by atoms with van der Waals surface area (Å²) in [7, 11) is 0. The molecule has 0 bridgehead atoms. The Labute approximate surface area is 70.1 Å². The van der Waals surface area contributed by atoms with E-state index in [2.05, 4.69) is 6.58 Å². The van der Waals surface area contributed by atoms with Crippen molar-refractivity contribution in [3.8, 4) is 0 Å². The van der Waals surface area contributed by atoms with Gasteiger partial charge in [0.05, 0.1) is 5.60 Å². The van der Waals surface area contributed by atoms with Crippen LogP contribution < -0.4 is 0 Å². The smallest absolute Gasteiger partial charge is 0.0617 e. The summed E-state index contributed by atoms with van der Waals surface area (Å²) in [6.07, 6.45) is 3.81. The Morgan fingerprint density at radius 1 is 1.55 bits per heavy atom. The second-order valence-electron chi connectivity index (χ2n) is 3.66. The lowest BCUT2D eigenvalue weighted by molar-refractivity contribution is 0.0451. The van der Waals surface area contributed by atoms with E-state index in [4.69, 9.17) is 0 Å². The number of hydrogen-bond donors (Lipinski definition) is 1. The molecule has 0 radical (unpaired) electrons. The van der Waals surface area contributed by atoms with Crippen LogP contribution in [0.4, 0.5) is 0 Å². The molecule has 0 heterocycles. The first kappa shape index (κ1) is 10.7. The first-order valence-electron chi connectivity index (χ1n) is 4.34. The normalized spacial score (nSPS) is 16.0. The standard InChI is InChI=1S/C10H20O/c1-5-10(4,11)8-6-7-9(2)3/h11H,2,5-8H2,1,3-4H3. The van der Waals surface area contributed by atoms with E-state index >= 15 is 0 Å².